The second kappa shape index (κ2) is 6.89. The molecule has 2 rings (SSSR count). The molecule has 1 N–H and O–H groups in total. The van der Waals surface area contributed by atoms with E-state index in [4.69, 9.17) is 0 Å². The van der Waals surface area contributed by atoms with Crippen molar-refractivity contribution < 1.29 is 9.90 Å². The number of aryl methyl sites for hydroxylation is 2. The Balaban J connectivity index is 2.12. The average Bonchev–Trinajstić information content (AvgIpc) is 3.05. The van der Waals surface area contributed by atoms with E-state index in [1.807, 2.05) is 36.6 Å². The Morgan fingerprint density at radius 1 is 1.43 bits per heavy atom. The Labute approximate surface area is 126 Å². The number of carbonyl (C=O) groups is 1. The van der Waals surface area contributed by atoms with Gasteiger partial charge in [-0.05, 0) is 32.8 Å². The fourth-order valence-electron chi connectivity index (χ4n) is 3.08. The van der Waals surface area contributed by atoms with Gasteiger partial charge in [-0.2, -0.15) is 5.10 Å². The van der Waals surface area contributed by atoms with Crippen LogP contribution in [0.15, 0.2) is 6.08 Å². The second-order valence-electron chi connectivity index (χ2n) is 5.73. The summed E-state index contributed by atoms with van der Waals surface area (Å²) in [5.41, 5.74) is 2.97. The van der Waals surface area contributed by atoms with Gasteiger partial charge in [0.15, 0.2) is 0 Å². The van der Waals surface area contributed by atoms with E-state index in [0.717, 1.165) is 29.8 Å². The summed E-state index contributed by atoms with van der Waals surface area (Å²) < 4.78 is 1.82. The lowest BCUT2D eigenvalue weighted by Crippen LogP contribution is -2.39. The molecule has 21 heavy (non-hydrogen) atoms. The highest BCUT2D eigenvalue weighted by atomic mass is 16.3. The van der Waals surface area contributed by atoms with Crippen LogP contribution in [0.5, 0.6) is 0 Å². The number of aliphatic hydroxyl groups excluding tert-OH is 1. The number of amides is 1. The van der Waals surface area contributed by atoms with Crippen LogP contribution in [-0.4, -0.2) is 44.9 Å². The molecule has 1 aliphatic rings. The predicted molar refractivity (Wildman–Crippen MR) is 82.8 cm³/mol. The van der Waals surface area contributed by atoms with Gasteiger partial charge in [-0.3, -0.25) is 9.48 Å². The summed E-state index contributed by atoms with van der Waals surface area (Å²) in [7, 11) is 1.90. The number of rotatable bonds is 5. The van der Waals surface area contributed by atoms with Gasteiger partial charge in [0.25, 0.3) is 0 Å². The minimum Gasteiger partial charge on any atom is -0.395 e. The molecule has 0 aliphatic heterocycles. The van der Waals surface area contributed by atoms with Crippen molar-refractivity contribution in [3.8, 4) is 0 Å². The van der Waals surface area contributed by atoms with Crippen molar-refractivity contribution >= 4 is 12.0 Å². The molecule has 1 fully saturated rings. The van der Waals surface area contributed by atoms with E-state index in [1.54, 1.807) is 6.08 Å². The monoisotopic (exact) mass is 291 g/mol. The Bertz CT molecular complexity index is 528. The van der Waals surface area contributed by atoms with Crippen LogP contribution in [0.1, 0.15) is 42.6 Å². The quantitative estimate of drug-likeness (QED) is 0.842. The first-order chi connectivity index (χ1) is 10.0. The zero-order valence-electron chi connectivity index (χ0n) is 13.2. The molecule has 0 aromatic carbocycles. The summed E-state index contributed by atoms with van der Waals surface area (Å²) in [5, 5.41) is 13.5. The molecule has 0 unspecified atom stereocenters. The van der Waals surface area contributed by atoms with Gasteiger partial charge in [0.2, 0.25) is 5.91 Å². The molecule has 0 bridgehead atoms. The number of carbonyl (C=O) groups excluding carboxylic acids is 1. The number of aliphatic hydroxyl groups is 1. The molecule has 5 nitrogen and oxygen atoms in total. The van der Waals surface area contributed by atoms with Gasteiger partial charge in [0.05, 0.1) is 12.3 Å². The Kier molecular flexibility index (Phi) is 5.17. The number of hydrogen-bond donors (Lipinski definition) is 1. The molecule has 1 aromatic heterocycles. The first-order valence-electron chi connectivity index (χ1n) is 7.64. The molecule has 1 saturated carbocycles. The van der Waals surface area contributed by atoms with Crippen molar-refractivity contribution in [2.75, 3.05) is 13.2 Å². The predicted octanol–water partition coefficient (Wildman–Crippen LogP) is 1.81. The van der Waals surface area contributed by atoms with Gasteiger partial charge in [-0.25, -0.2) is 0 Å². The normalized spacial score (nSPS) is 16.0. The topological polar surface area (TPSA) is 58.4 Å². The summed E-state index contributed by atoms with van der Waals surface area (Å²) in [4.78, 5) is 14.2. The van der Waals surface area contributed by atoms with Gasteiger partial charge >= 0.3 is 0 Å². The molecule has 0 saturated heterocycles. The standard InChI is InChI=1S/C16H25N3O2/c1-12-15(13(2)18(3)17-12)8-9-16(21)19(10-11-20)14-6-4-5-7-14/h8-9,14,20H,4-7,10-11H2,1-3H3. The summed E-state index contributed by atoms with van der Waals surface area (Å²) >= 11 is 0. The molecular formula is C16H25N3O2. The Morgan fingerprint density at radius 2 is 2.10 bits per heavy atom. The fraction of sp³-hybridized carbons (Fsp3) is 0.625. The maximum absolute atomic E-state index is 12.4. The van der Waals surface area contributed by atoms with E-state index in [0.29, 0.717) is 6.54 Å². The first kappa shape index (κ1) is 15.8. The molecular weight excluding hydrogens is 266 g/mol. The molecule has 0 radical (unpaired) electrons. The molecule has 1 aliphatic carbocycles. The average molecular weight is 291 g/mol. The third-order valence-electron chi connectivity index (χ3n) is 4.35. The molecule has 1 aromatic rings. The van der Waals surface area contributed by atoms with E-state index in [9.17, 15) is 9.90 Å². The van der Waals surface area contributed by atoms with Crippen LogP contribution >= 0.6 is 0 Å². The highest BCUT2D eigenvalue weighted by Gasteiger charge is 2.24. The van der Waals surface area contributed by atoms with Crippen LogP contribution in [0.3, 0.4) is 0 Å². The Morgan fingerprint density at radius 3 is 2.62 bits per heavy atom. The molecule has 5 heteroatoms. The first-order valence-corrected chi connectivity index (χ1v) is 7.64. The zero-order valence-corrected chi connectivity index (χ0v) is 13.2. The van der Waals surface area contributed by atoms with Gasteiger partial charge in [-0.1, -0.05) is 12.8 Å². The van der Waals surface area contributed by atoms with Crippen molar-refractivity contribution in [2.24, 2.45) is 7.05 Å². The third kappa shape index (κ3) is 3.53. The molecule has 116 valence electrons. The van der Waals surface area contributed by atoms with E-state index in [-0.39, 0.29) is 18.6 Å². The van der Waals surface area contributed by atoms with E-state index in [2.05, 4.69) is 5.10 Å². The Hall–Kier alpha value is -1.62. The van der Waals surface area contributed by atoms with Gasteiger partial charge in [-0.15, -0.1) is 0 Å². The van der Waals surface area contributed by atoms with E-state index < -0.39 is 0 Å². The lowest BCUT2D eigenvalue weighted by molar-refractivity contribution is -0.128. The van der Waals surface area contributed by atoms with Crippen molar-refractivity contribution in [3.05, 3.63) is 23.0 Å². The van der Waals surface area contributed by atoms with Crippen LogP contribution < -0.4 is 0 Å². The maximum Gasteiger partial charge on any atom is 0.246 e. The fourth-order valence-corrected chi connectivity index (χ4v) is 3.08. The van der Waals surface area contributed by atoms with E-state index in [1.165, 1.54) is 12.8 Å². The lowest BCUT2D eigenvalue weighted by atomic mass is 10.1. The van der Waals surface area contributed by atoms with Crippen molar-refractivity contribution in [2.45, 2.75) is 45.6 Å². The van der Waals surface area contributed by atoms with Gasteiger partial charge in [0.1, 0.15) is 0 Å². The minimum atomic E-state index is -0.0152. The van der Waals surface area contributed by atoms with Crippen LogP contribution in [0, 0.1) is 13.8 Å². The third-order valence-corrected chi connectivity index (χ3v) is 4.35. The molecule has 0 spiro atoms. The van der Waals surface area contributed by atoms with E-state index >= 15 is 0 Å². The maximum atomic E-state index is 12.4. The summed E-state index contributed by atoms with van der Waals surface area (Å²) in [6, 6.07) is 0.283. The minimum absolute atomic E-state index is 0.0149. The zero-order chi connectivity index (χ0) is 15.4. The molecule has 1 heterocycles. The van der Waals surface area contributed by atoms with Crippen LogP contribution in [0.2, 0.25) is 0 Å². The van der Waals surface area contributed by atoms with Gasteiger partial charge < -0.3 is 10.0 Å². The second-order valence-corrected chi connectivity index (χ2v) is 5.73. The molecule has 1 amide bonds. The van der Waals surface area contributed by atoms with Crippen molar-refractivity contribution in [1.82, 2.24) is 14.7 Å². The smallest absolute Gasteiger partial charge is 0.246 e. The summed E-state index contributed by atoms with van der Waals surface area (Å²) in [6.07, 6.45) is 7.90. The molecule has 0 atom stereocenters. The van der Waals surface area contributed by atoms with Crippen LogP contribution in [-0.2, 0) is 11.8 Å². The SMILES string of the molecule is Cc1nn(C)c(C)c1C=CC(=O)N(CCO)C1CCCC1. The number of aromatic nitrogens is 2. The summed E-state index contributed by atoms with van der Waals surface area (Å²) in [6.45, 7) is 4.37. The summed E-state index contributed by atoms with van der Waals surface area (Å²) in [5.74, 6) is -0.0152. The van der Waals surface area contributed by atoms with Crippen LogP contribution in [0.4, 0.5) is 0 Å². The van der Waals surface area contributed by atoms with Crippen molar-refractivity contribution in [3.63, 3.8) is 0 Å². The van der Waals surface area contributed by atoms with Crippen LogP contribution in [0.25, 0.3) is 6.08 Å². The highest BCUT2D eigenvalue weighted by Crippen LogP contribution is 2.24. The number of hydrogen-bond acceptors (Lipinski definition) is 3. The number of nitrogens with zero attached hydrogens (tertiary/aromatic N) is 3. The highest BCUT2D eigenvalue weighted by molar-refractivity contribution is 5.92. The largest absolute Gasteiger partial charge is 0.395 e. The van der Waals surface area contributed by atoms with Crippen molar-refractivity contribution in [1.29, 1.82) is 0 Å². The lowest BCUT2D eigenvalue weighted by Gasteiger charge is -2.27. The van der Waals surface area contributed by atoms with Gasteiger partial charge in [0, 0.05) is 37.0 Å².